The quantitative estimate of drug-likeness (QED) is 0.868. The van der Waals surface area contributed by atoms with E-state index in [0.29, 0.717) is 5.92 Å². The topological polar surface area (TPSA) is 42.0 Å². The molecule has 18 heavy (non-hydrogen) atoms. The van der Waals surface area contributed by atoms with E-state index in [9.17, 15) is 4.79 Å². The summed E-state index contributed by atoms with van der Waals surface area (Å²) in [5.74, 6) is 0.702. The van der Waals surface area contributed by atoms with Crippen LogP contribution >= 0.6 is 0 Å². The molecule has 0 aromatic carbocycles. The second-order valence-electron chi connectivity index (χ2n) is 6.06. The van der Waals surface area contributed by atoms with Crippen molar-refractivity contribution in [1.82, 2.24) is 4.98 Å². The van der Waals surface area contributed by atoms with E-state index in [2.05, 4.69) is 31.1 Å². The molecule has 1 N–H and O–H groups in total. The molecular formula is C15H22N2O. The molecule has 2 atom stereocenters. The van der Waals surface area contributed by atoms with Gasteiger partial charge in [0.05, 0.1) is 0 Å². The first-order valence-electron chi connectivity index (χ1n) is 6.71. The molecule has 0 bridgehead atoms. The summed E-state index contributed by atoms with van der Waals surface area (Å²) < 4.78 is 0. The Morgan fingerprint density at radius 3 is 2.67 bits per heavy atom. The second-order valence-corrected chi connectivity index (χ2v) is 6.06. The van der Waals surface area contributed by atoms with E-state index in [1.807, 2.05) is 12.1 Å². The zero-order valence-corrected chi connectivity index (χ0v) is 11.4. The number of anilines is 1. The van der Waals surface area contributed by atoms with E-state index >= 15 is 0 Å². The van der Waals surface area contributed by atoms with Crippen LogP contribution in [0.15, 0.2) is 24.5 Å². The number of aromatic nitrogens is 1. The van der Waals surface area contributed by atoms with Crippen molar-refractivity contribution in [2.24, 2.45) is 17.3 Å². The summed E-state index contributed by atoms with van der Waals surface area (Å²) in [5.41, 5.74) is 0.929. The average molecular weight is 246 g/mol. The van der Waals surface area contributed by atoms with Gasteiger partial charge in [-0.25, -0.2) is 0 Å². The van der Waals surface area contributed by atoms with Gasteiger partial charge in [0.1, 0.15) is 0 Å². The largest absolute Gasteiger partial charge is 0.326 e. The normalized spacial score (nSPS) is 26.6. The van der Waals surface area contributed by atoms with Crippen LogP contribution in [0.2, 0.25) is 0 Å². The summed E-state index contributed by atoms with van der Waals surface area (Å²) in [6.07, 6.45) is 6.91. The van der Waals surface area contributed by atoms with Gasteiger partial charge in [0.25, 0.3) is 0 Å². The van der Waals surface area contributed by atoms with Crippen molar-refractivity contribution in [1.29, 1.82) is 0 Å². The van der Waals surface area contributed by atoms with Crippen LogP contribution in [0, 0.1) is 17.3 Å². The SMILES string of the molecule is C[C@H]1CCCC(C)(C)[C@@H]1C(=O)Nc1ccncc1. The van der Waals surface area contributed by atoms with Gasteiger partial charge in [0, 0.05) is 24.0 Å². The van der Waals surface area contributed by atoms with Gasteiger partial charge in [-0.05, 0) is 36.3 Å². The van der Waals surface area contributed by atoms with Crippen molar-refractivity contribution in [3.05, 3.63) is 24.5 Å². The molecular weight excluding hydrogens is 224 g/mol. The fourth-order valence-corrected chi connectivity index (χ4v) is 3.24. The van der Waals surface area contributed by atoms with Gasteiger partial charge in [-0.1, -0.05) is 27.2 Å². The lowest BCUT2D eigenvalue weighted by atomic mass is 9.64. The van der Waals surface area contributed by atoms with E-state index in [0.717, 1.165) is 18.5 Å². The Morgan fingerprint density at radius 2 is 2.06 bits per heavy atom. The minimum absolute atomic E-state index is 0.0920. The van der Waals surface area contributed by atoms with Crippen LogP contribution in [0.4, 0.5) is 5.69 Å². The molecule has 1 saturated carbocycles. The van der Waals surface area contributed by atoms with Crippen LogP contribution in [-0.4, -0.2) is 10.9 Å². The van der Waals surface area contributed by atoms with Gasteiger partial charge >= 0.3 is 0 Å². The van der Waals surface area contributed by atoms with Crippen molar-refractivity contribution >= 4 is 11.6 Å². The molecule has 0 spiro atoms. The molecule has 1 aliphatic rings. The first-order chi connectivity index (χ1) is 8.50. The Morgan fingerprint density at radius 1 is 1.39 bits per heavy atom. The van der Waals surface area contributed by atoms with Gasteiger partial charge < -0.3 is 5.32 Å². The van der Waals surface area contributed by atoms with E-state index in [1.54, 1.807) is 12.4 Å². The summed E-state index contributed by atoms with van der Waals surface area (Å²) in [4.78, 5) is 16.4. The number of nitrogens with one attached hydrogen (secondary N) is 1. The van der Waals surface area contributed by atoms with Gasteiger partial charge in [0.15, 0.2) is 0 Å². The number of hydrogen-bond acceptors (Lipinski definition) is 2. The second kappa shape index (κ2) is 5.09. The molecule has 0 aliphatic heterocycles. The van der Waals surface area contributed by atoms with Crippen molar-refractivity contribution in [3.8, 4) is 0 Å². The molecule has 1 amide bonds. The molecule has 1 heterocycles. The highest BCUT2D eigenvalue weighted by Crippen LogP contribution is 2.44. The number of amides is 1. The van der Waals surface area contributed by atoms with E-state index < -0.39 is 0 Å². The maximum Gasteiger partial charge on any atom is 0.228 e. The van der Waals surface area contributed by atoms with E-state index in [-0.39, 0.29) is 17.2 Å². The fourth-order valence-electron chi connectivity index (χ4n) is 3.24. The van der Waals surface area contributed by atoms with Crippen molar-refractivity contribution in [3.63, 3.8) is 0 Å². The standard InChI is InChI=1S/C15H22N2O/c1-11-5-4-8-15(2,3)13(11)14(18)17-12-6-9-16-10-7-12/h6-7,9-11,13H,4-5,8H2,1-3H3,(H,16,17,18)/t11-,13-/m0/s1. The lowest BCUT2D eigenvalue weighted by Gasteiger charge is -2.41. The third-order valence-electron chi connectivity index (χ3n) is 4.12. The summed E-state index contributed by atoms with van der Waals surface area (Å²) in [6, 6.07) is 3.66. The summed E-state index contributed by atoms with van der Waals surface area (Å²) in [5, 5.41) is 3.02. The highest BCUT2D eigenvalue weighted by atomic mass is 16.1. The summed E-state index contributed by atoms with van der Waals surface area (Å²) in [7, 11) is 0. The molecule has 1 fully saturated rings. The summed E-state index contributed by atoms with van der Waals surface area (Å²) >= 11 is 0. The van der Waals surface area contributed by atoms with Gasteiger partial charge in [-0.15, -0.1) is 0 Å². The molecule has 3 nitrogen and oxygen atoms in total. The van der Waals surface area contributed by atoms with Crippen LogP contribution in [0.5, 0.6) is 0 Å². The molecule has 98 valence electrons. The van der Waals surface area contributed by atoms with Crippen LogP contribution in [0.3, 0.4) is 0 Å². The number of pyridine rings is 1. The zero-order chi connectivity index (χ0) is 13.2. The number of rotatable bonds is 2. The van der Waals surface area contributed by atoms with Crippen molar-refractivity contribution in [2.45, 2.75) is 40.0 Å². The lowest BCUT2D eigenvalue weighted by Crippen LogP contribution is -2.42. The van der Waals surface area contributed by atoms with Gasteiger partial charge in [0.2, 0.25) is 5.91 Å². The molecule has 0 radical (unpaired) electrons. The highest BCUT2D eigenvalue weighted by molar-refractivity contribution is 5.93. The highest BCUT2D eigenvalue weighted by Gasteiger charge is 2.41. The Bertz CT molecular complexity index is 414. The third-order valence-corrected chi connectivity index (χ3v) is 4.12. The van der Waals surface area contributed by atoms with Crippen LogP contribution in [0.25, 0.3) is 0 Å². The van der Waals surface area contributed by atoms with Gasteiger partial charge in [-0.3, -0.25) is 9.78 Å². The smallest absolute Gasteiger partial charge is 0.228 e. The average Bonchev–Trinajstić information content (AvgIpc) is 2.28. The van der Waals surface area contributed by atoms with Crippen LogP contribution in [-0.2, 0) is 4.79 Å². The lowest BCUT2D eigenvalue weighted by molar-refractivity contribution is -0.127. The van der Waals surface area contributed by atoms with Crippen LogP contribution in [0.1, 0.15) is 40.0 Å². The van der Waals surface area contributed by atoms with Crippen LogP contribution < -0.4 is 5.32 Å². The third kappa shape index (κ3) is 2.71. The number of carbonyl (C=O) groups excluding carboxylic acids is 1. The number of carbonyl (C=O) groups is 1. The zero-order valence-electron chi connectivity index (χ0n) is 11.4. The predicted molar refractivity (Wildman–Crippen MR) is 73.2 cm³/mol. The fraction of sp³-hybridized carbons (Fsp3) is 0.600. The monoisotopic (exact) mass is 246 g/mol. The minimum Gasteiger partial charge on any atom is -0.326 e. The number of hydrogen-bond donors (Lipinski definition) is 1. The maximum atomic E-state index is 12.5. The Balaban J connectivity index is 2.12. The molecule has 0 saturated heterocycles. The number of nitrogens with zero attached hydrogens (tertiary/aromatic N) is 1. The van der Waals surface area contributed by atoms with Gasteiger partial charge in [-0.2, -0.15) is 0 Å². The summed E-state index contributed by atoms with van der Waals surface area (Å²) in [6.45, 7) is 6.61. The minimum atomic E-state index is 0.0920. The molecule has 2 rings (SSSR count). The maximum absolute atomic E-state index is 12.5. The first kappa shape index (κ1) is 13.1. The Kier molecular flexibility index (Phi) is 3.69. The molecule has 1 aliphatic carbocycles. The Hall–Kier alpha value is -1.38. The molecule has 1 aromatic heterocycles. The van der Waals surface area contributed by atoms with E-state index in [4.69, 9.17) is 0 Å². The Labute approximate surface area is 109 Å². The predicted octanol–water partition coefficient (Wildman–Crippen LogP) is 3.48. The van der Waals surface area contributed by atoms with E-state index in [1.165, 1.54) is 6.42 Å². The first-order valence-corrected chi connectivity index (χ1v) is 6.71. The molecule has 3 heteroatoms. The van der Waals surface area contributed by atoms with Crippen molar-refractivity contribution < 1.29 is 4.79 Å². The molecule has 1 aromatic rings. The van der Waals surface area contributed by atoms with Crippen molar-refractivity contribution in [2.75, 3.05) is 5.32 Å². The molecule has 0 unspecified atom stereocenters.